The summed E-state index contributed by atoms with van der Waals surface area (Å²) in [7, 11) is 0. The van der Waals surface area contributed by atoms with E-state index in [4.69, 9.17) is 21.4 Å². The van der Waals surface area contributed by atoms with Crippen LogP contribution >= 0.6 is 12.2 Å². The number of rotatable bonds is 8. The van der Waals surface area contributed by atoms with E-state index in [2.05, 4.69) is 17.6 Å². The fourth-order valence-electron chi connectivity index (χ4n) is 2.11. The van der Waals surface area contributed by atoms with Crippen molar-refractivity contribution in [2.75, 3.05) is 6.61 Å². The maximum atomic E-state index is 12.4. The van der Waals surface area contributed by atoms with Crippen LogP contribution in [-0.2, 0) is 6.54 Å². The number of thiocarbonyl (C=S) groups is 1. The second-order valence-electron chi connectivity index (χ2n) is 5.27. The molecule has 1 aromatic carbocycles. The zero-order chi connectivity index (χ0) is 17.2. The Kier molecular flexibility index (Phi) is 7.29. The highest BCUT2D eigenvalue weighted by atomic mass is 32.1. The molecule has 0 bridgehead atoms. The lowest BCUT2D eigenvalue weighted by molar-refractivity contribution is 0.0972. The van der Waals surface area contributed by atoms with Gasteiger partial charge in [0.2, 0.25) is 0 Å². The van der Waals surface area contributed by atoms with Crippen LogP contribution in [0.2, 0.25) is 0 Å². The van der Waals surface area contributed by atoms with Gasteiger partial charge in [-0.1, -0.05) is 31.9 Å². The van der Waals surface area contributed by atoms with Crippen LogP contribution in [0.1, 0.15) is 42.3 Å². The highest BCUT2D eigenvalue weighted by Gasteiger charge is 2.13. The van der Waals surface area contributed by atoms with Crippen molar-refractivity contribution >= 4 is 23.2 Å². The lowest BCUT2D eigenvalue weighted by atomic mass is 10.2. The molecule has 0 aliphatic carbocycles. The van der Waals surface area contributed by atoms with E-state index in [1.54, 1.807) is 30.5 Å². The van der Waals surface area contributed by atoms with E-state index in [-0.39, 0.29) is 11.0 Å². The fourth-order valence-corrected chi connectivity index (χ4v) is 2.27. The van der Waals surface area contributed by atoms with E-state index in [0.717, 1.165) is 25.0 Å². The van der Waals surface area contributed by atoms with Crippen LogP contribution in [0.4, 0.5) is 0 Å². The van der Waals surface area contributed by atoms with Crippen LogP contribution in [0.5, 0.6) is 5.75 Å². The van der Waals surface area contributed by atoms with Gasteiger partial charge in [-0.25, -0.2) is 0 Å². The number of ether oxygens (including phenoxy) is 1. The predicted octanol–water partition coefficient (Wildman–Crippen LogP) is 3.65. The van der Waals surface area contributed by atoms with Crippen molar-refractivity contribution in [1.82, 2.24) is 10.6 Å². The molecule has 0 fully saturated rings. The third-order valence-electron chi connectivity index (χ3n) is 3.37. The Hall–Kier alpha value is -2.34. The first-order valence-corrected chi connectivity index (χ1v) is 8.45. The summed E-state index contributed by atoms with van der Waals surface area (Å²) < 4.78 is 10.9. The van der Waals surface area contributed by atoms with Crippen LogP contribution in [0.25, 0.3) is 0 Å². The van der Waals surface area contributed by atoms with Crippen molar-refractivity contribution in [2.24, 2.45) is 0 Å². The summed E-state index contributed by atoms with van der Waals surface area (Å²) in [6, 6.07) is 10.8. The molecule has 0 saturated heterocycles. The minimum Gasteiger partial charge on any atom is -0.493 e. The van der Waals surface area contributed by atoms with E-state index in [0.29, 0.717) is 24.5 Å². The smallest absolute Gasteiger partial charge is 0.261 e. The molecule has 6 heteroatoms. The highest BCUT2D eigenvalue weighted by molar-refractivity contribution is 7.80. The Morgan fingerprint density at radius 3 is 2.79 bits per heavy atom. The summed E-state index contributed by atoms with van der Waals surface area (Å²) >= 11 is 5.14. The zero-order valence-electron chi connectivity index (χ0n) is 13.7. The van der Waals surface area contributed by atoms with E-state index in [1.807, 2.05) is 12.1 Å². The van der Waals surface area contributed by atoms with Crippen LogP contribution in [0, 0.1) is 0 Å². The van der Waals surface area contributed by atoms with Gasteiger partial charge in [-0.3, -0.25) is 10.1 Å². The molecule has 128 valence electrons. The fraction of sp³-hybridized carbons (Fsp3) is 0.333. The van der Waals surface area contributed by atoms with Crippen LogP contribution < -0.4 is 15.4 Å². The quantitative estimate of drug-likeness (QED) is 0.564. The van der Waals surface area contributed by atoms with Gasteiger partial charge in [-0.15, -0.1) is 0 Å². The van der Waals surface area contributed by atoms with E-state index in [9.17, 15) is 4.79 Å². The van der Waals surface area contributed by atoms with Crippen molar-refractivity contribution in [3.63, 3.8) is 0 Å². The molecule has 2 N–H and O–H groups in total. The molecule has 2 rings (SSSR count). The molecule has 1 heterocycles. The van der Waals surface area contributed by atoms with E-state index < -0.39 is 0 Å². The molecule has 0 spiro atoms. The van der Waals surface area contributed by atoms with E-state index in [1.165, 1.54) is 0 Å². The number of hydrogen-bond acceptors (Lipinski definition) is 4. The Bertz CT molecular complexity index is 656. The average Bonchev–Trinajstić information content (AvgIpc) is 3.11. The number of nitrogens with one attached hydrogen (secondary N) is 2. The summed E-state index contributed by atoms with van der Waals surface area (Å²) in [6.07, 6.45) is 4.79. The lowest BCUT2D eigenvalue weighted by Crippen LogP contribution is -2.38. The van der Waals surface area contributed by atoms with Gasteiger partial charge < -0.3 is 14.5 Å². The monoisotopic (exact) mass is 346 g/mol. The second kappa shape index (κ2) is 9.72. The van der Waals surface area contributed by atoms with E-state index >= 15 is 0 Å². The summed E-state index contributed by atoms with van der Waals surface area (Å²) in [6.45, 7) is 3.15. The third kappa shape index (κ3) is 5.70. The SMILES string of the molecule is CCCCCOc1ccccc1C(=O)NC(=S)NCc1ccco1. The Morgan fingerprint density at radius 1 is 1.21 bits per heavy atom. The summed E-state index contributed by atoms with van der Waals surface area (Å²) in [5.74, 6) is 1.02. The molecule has 1 amide bonds. The van der Waals surface area contributed by atoms with Crippen molar-refractivity contribution < 1.29 is 13.9 Å². The summed E-state index contributed by atoms with van der Waals surface area (Å²) in [5.41, 5.74) is 0.469. The van der Waals surface area contributed by atoms with Crippen molar-refractivity contribution in [1.29, 1.82) is 0 Å². The Labute approximate surface area is 147 Å². The first kappa shape index (κ1) is 18.0. The molecular formula is C18H22N2O3S. The van der Waals surface area contributed by atoms with Crippen molar-refractivity contribution in [2.45, 2.75) is 32.7 Å². The van der Waals surface area contributed by atoms with Crippen LogP contribution in [-0.4, -0.2) is 17.6 Å². The molecular weight excluding hydrogens is 324 g/mol. The minimum atomic E-state index is -0.293. The van der Waals surface area contributed by atoms with Gasteiger partial charge in [0.15, 0.2) is 5.11 Å². The second-order valence-corrected chi connectivity index (χ2v) is 5.68. The Balaban J connectivity index is 1.87. The van der Waals surface area contributed by atoms with Crippen molar-refractivity contribution in [3.8, 4) is 5.75 Å². The molecule has 5 nitrogen and oxygen atoms in total. The zero-order valence-corrected chi connectivity index (χ0v) is 14.5. The number of para-hydroxylation sites is 1. The van der Waals surface area contributed by atoms with Gasteiger partial charge in [-0.2, -0.15) is 0 Å². The molecule has 24 heavy (non-hydrogen) atoms. The first-order chi connectivity index (χ1) is 11.7. The normalized spacial score (nSPS) is 10.2. The predicted molar refractivity (Wildman–Crippen MR) is 97.1 cm³/mol. The number of benzene rings is 1. The number of carbonyl (C=O) groups excluding carboxylic acids is 1. The van der Waals surface area contributed by atoms with Crippen LogP contribution in [0.15, 0.2) is 47.1 Å². The van der Waals surface area contributed by atoms with Gasteiger partial charge >= 0.3 is 0 Å². The lowest BCUT2D eigenvalue weighted by Gasteiger charge is -2.12. The molecule has 1 aromatic heterocycles. The van der Waals surface area contributed by atoms with Crippen LogP contribution in [0.3, 0.4) is 0 Å². The molecule has 2 aromatic rings. The van der Waals surface area contributed by atoms with Gasteiger partial charge in [0, 0.05) is 0 Å². The number of amides is 1. The maximum Gasteiger partial charge on any atom is 0.261 e. The van der Waals surface area contributed by atoms with Gasteiger partial charge in [-0.05, 0) is 42.9 Å². The average molecular weight is 346 g/mol. The highest BCUT2D eigenvalue weighted by Crippen LogP contribution is 2.18. The summed E-state index contributed by atoms with van der Waals surface area (Å²) in [5, 5.41) is 5.84. The van der Waals surface area contributed by atoms with Gasteiger partial charge in [0.05, 0.1) is 25.0 Å². The minimum absolute atomic E-state index is 0.247. The standard InChI is InChI=1S/C18H22N2O3S/c1-2-3-6-11-23-16-10-5-4-9-15(16)17(21)20-18(24)19-13-14-8-7-12-22-14/h4-5,7-10,12H,2-3,6,11,13H2,1H3,(H2,19,20,21,24). The number of furan rings is 1. The topological polar surface area (TPSA) is 63.5 Å². The van der Waals surface area contributed by atoms with Gasteiger partial charge in [0.25, 0.3) is 5.91 Å². The molecule has 0 aliphatic rings. The first-order valence-electron chi connectivity index (χ1n) is 8.04. The van der Waals surface area contributed by atoms with Gasteiger partial charge in [0.1, 0.15) is 11.5 Å². The Morgan fingerprint density at radius 2 is 2.04 bits per heavy atom. The maximum absolute atomic E-state index is 12.4. The number of carbonyl (C=O) groups is 1. The number of unbranched alkanes of at least 4 members (excludes halogenated alkanes) is 2. The molecule has 0 saturated carbocycles. The summed E-state index contributed by atoms with van der Waals surface area (Å²) in [4.78, 5) is 12.4. The molecule has 0 atom stereocenters. The number of hydrogen-bond donors (Lipinski definition) is 2. The van der Waals surface area contributed by atoms with Crippen molar-refractivity contribution in [3.05, 3.63) is 54.0 Å². The molecule has 0 unspecified atom stereocenters. The largest absolute Gasteiger partial charge is 0.493 e. The molecule has 0 radical (unpaired) electrons. The molecule has 0 aliphatic heterocycles. The third-order valence-corrected chi connectivity index (χ3v) is 3.61.